The number of rotatable bonds is 7. The van der Waals surface area contributed by atoms with Crippen molar-refractivity contribution in [3.63, 3.8) is 0 Å². The normalized spacial score (nSPS) is 14.0. The Morgan fingerprint density at radius 2 is 1.68 bits per heavy atom. The van der Waals surface area contributed by atoms with Gasteiger partial charge in [0.15, 0.2) is 5.69 Å². The Labute approximate surface area is 196 Å². The Balaban J connectivity index is 1.43. The fraction of sp³-hybridized carbons (Fsp3) is 0.280. The third-order valence-electron chi connectivity index (χ3n) is 6.27. The number of carbonyl (C=O) groups excluding carboxylic acids is 2. The van der Waals surface area contributed by atoms with Crippen LogP contribution in [-0.2, 0) is 16.6 Å². The van der Waals surface area contributed by atoms with Gasteiger partial charge in [-0.2, -0.15) is 5.10 Å². The topological polar surface area (TPSA) is 123 Å². The van der Waals surface area contributed by atoms with Crippen molar-refractivity contribution in [2.45, 2.75) is 31.7 Å². The molecular weight excluding hydrogens is 436 g/mol. The molecule has 0 saturated carbocycles. The number of carboxylic acids is 1. The molecule has 0 fully saturated rings. The van der Waals surface area contributed by atoms with E-state index in [9.17, 15) is 14.4 Å². The summed E-state index contributed by atoms with van der Waals surface area (Å²) in [5, 5.41) is 18.2. The van der Waals surface area contributed by atoms with Crippen molar-refractivity contribution in [1.82, 2.24) is 15.1 Å². The van der Waals surface area contributed by atoms with Gasteiger partial charge in [0.2, 0.25) is 0 Å². The summed E-state index contributed by atoms with van der Waals surface area (Å²) < 4.78 is 6.83. The summed E-state index contributed by atoms with van der Waals surface area (Å²) in [6, 6.07) is 17.3. The molecule has 4 rings (SSSR count). The zero-order chi connectivity index (χ0) is 24.5. The molecule has 1 heterocycles. The van der Waals surface area contributed by atoms with Crippen LogP contribution in [0.3, 0.4) is 0 Å². The Morgan fingerprint density at radius 1 is 1.09 bits per heavy atom. The minimum absolute atomic E-state index is 0.0938. The van der Waals surface area contributed by atoms with Crippen molar-refractivity contribution < 1.29 is 24.2 Å². The number of anilines is 1. The number of aryl methyl sites for hydroxylation is 1. The highest BCUT2D eigenvalue weighted by molar-refractivity contribution is 5.99. The maximum Gasteiger partial charge on any atom is 0.408 e. The average Bonchev–Trinajstić information content (AvgIpc) is 3.35. The number of aromatic nitrogens is 2. The van der Waals surface area contributed by atoms with Gasteiger partial charge in [-0.05, 0) is 35.6 Å². The number of alkyl carbamates (subject to hydrolysis) is 1. The van der Waals surface area contributed by atoms with Gasteiger partial charge in [-0.25, -0.2) is 9.59 Å². The largest absolute Gasteiger partial charge is 0.476 e. The molecule has 0 saturated heterocycles. The highest BCUT2D eigenvalue weighted by Crippen LogP contribution is 2.44. The lowest BCUT2D eigenvalue weighted by atomic mass is 9.97. The number of nitrogens with zero attached hydrogens (tertiary/aromatic N) is 2. The van der Waals surface area contributed by atoms with E-state index < -0.39 is 23.5 Å². The Bertz CT molecular complexity index is 1220. The molecule has 176 valence electrons. The van der Waals surface area contributed by atoms with Crippen LogP contribution in [0.5, 0.6) is 0 Å². The summed E-state index contributed by atoms with van der Waals surface area (Å²) in [4.78, 5) is 36.8. The number of carbonyl (C=O) groups is 3. The van der Waals surface area contributed by atoms with E-state index in [1.54, 1.807) is 13.8 Å². The highest BCUT2D eigenvalue weighted by atomic mass is 16.5. The van der Waals surface area contributed by atoms with E-state index in [1.165, 1.54) is 17.8 Å². The fourth-order valence-corrected chi connectivity index (χ4v) is 4.11. The minimum atomic E-state index is -1.28. The number of hydrogen-bond donors (Lipinski definition) is 3. The van der Waals surface area contributed by atoms with Gasteiger partial charge in [-0.3, -0.25) is 9.48 Å². The SMILES string of the molecule is CCC(C)(NC(=O)OCC1c2ccccc2-c2ccccc21)C(=O)Nc1cc(C(=O)O)nn1C. The van der Waals surface area contributed by atoms with Crippen LogP contribution in [0, 0.1) is 0 Å². The van der Waals surface area contributed by atoms with Crippen molar-refractivity contribution >= 4 is 23.8 Å². The molecule has 9 nitrogen and oxygen atoms in total. The van der Waals surface area contributed by atoms with Crippen LogP contribution in [0.4, 0.5) is 10.6 Å². The van der Waals surface area contributed by atoms with Crippen LogP contribution in [0.25, 0.3) is 11.1 Å². The van der Waals surface area contributed by atoms with Gasteiger partial charge in [0.05, 0.1) is 0 Å². The summed E-state index contributed by atoms with van der Waals surface area (Å²) in [6.07, 6.45) is -0.426. The molecule has 3 aromatic rings. The average molecular weight is 463 g/mol. The number of ether oxygens (including phenoxy) is 1. The standard InChI is InChI=1S/C25H26N4O5/c1-4-25(2,23(32)26-21-13-20(22(30)31)28-29(21)3)27-24(33)34-14-19-17-11-7-5-9-15(17)16-10-6-8-12-18(16)19/h5-13,19H,4,14H2,1-3H3,(H,26,32)(H,27,33)(H,30,31). The molecule has 3 N–H and O–H groups in total. The van der Waals surface area contributed by atoms with Crippen LogP contribution in [0.15, 0.2) is 54.6 Å². The summed E-state index contributed by atoms with van der Waals surface area (Å²) >= 11 is 0. The van der Waals surface area contributed by atoms with Crippen molar-refractivity contribution in [2.75, 3.05) is 11.9 Å². The maximum absolute atomic E-state index is 13.0. The molecule has 0 bridgehead atoms. The summed E-state index contributed by atoms with van der Waals surface area (Å²) in [5.74, 6) is -1.60. The smallest absolute Gasteiger partial charge is 0.408 e. The molecule has 34 heavy (non-hydrogen) atoms. The van der Waals surface area contributed by atoms with Gasteiger partial charge in [0.1, 0.15) is 18.0 Å². The van der Waals surface area contributed by atoms with Crippen LogP contribution in [0.1, 0.15) is 47.8 Å². The Hall–Kier alpha value is -4.14. The molecule has 0 spiro atoms. The van der Waals surface area contributed by atoms with Crippen LogP contribution in [0.2, 0.25) is 0 Å². The number of benzene rings is 2. The first kappa shape index (κ1) is 23.0. The fourth-order valence-electron chi connectivity index (χ4n) is 4.11. The van der Waals surface area contributed by atoms with Crippen LogP contribution >= 0.6 is 0 Å². The van der Waals surface area contributed by atoms with Crippen LogP contribution < -0.4 is 10.6 Å². The van der Waals surface area contributed by atoms with Crippen molar-refractivity contribution in [2.24, 2.45) is 7.05 Å². The predicted octanol–water partition coefficient (Wildman–Crippen LogP) is 3.76. The van der Waals surface area contributed by atoms with Crippen molar-refractivity contribution in [3.8, 4) is 11.1 Å². The molecule has 0 aliphatic heterocycles. The van der Waals surface area contributed by atoms with Gasteiger partial charge in [-0.1, -0.05) is 55.5 Å². The van der Waals surface area contributed by atoms with Gasteiger partial charge in [-0.15, -0.1) is 0 Å². The lowest BCUT2D eigenvalue weighted by Gasteiger charge is -2.28. The number of fused-ring (bicyclic) bond motifs is 3. The first-order valence-corrected chi connectivity index (χ1v) is 11.0. The lowest BCUT2D eigenvalue weighted by Crippen LogP contribution is -2.54. The molecule has 2 amide bonds. The molecular formula is C25H26N4O5. The molecule has 0 radical (unpaired) electrons. The number of amides is 2. The van der Waals surface area contributed by atoms with E-state index in [1.807, 2.05) is 36.4 Å². The van der Waals surface area contributed by atoms with E-state index in [2.05, 4.69) is 27.9 Å². The van der Waals surface area contributed by atoms with E-state index in [0.29, 0.717) is 0 Å². The lowest BCUT2D eigenvalue weighted by molar-refractivity contribution is -0.121. The number of nitrogens with one attached hydrogen (secondary N) is 2. The molecule has 1 aliphatic rings. The Kier molecular flexibility index (Phi) is 6.10. The van der Waals surface area contributed by atoms with Crippen LogP contribution in [-0.4, -0.2) is 45.0 Å². The van der Waals surface area contributed by atoms with Gasteiger partial charge in [0.25, 0.3) is 5.91 Å². The number of aromatic carboxylic acids is 1. The summed E-state index contributed by atoms with van der Waals surface area (Å²) in [6.45, 7) is 3.47. The predicted molar refractivity (Wildman–Crippen MR) is 126 cm³/mol. The molecule has 1 unspecified atom stereocenters. The summed E-state index contributed by atoms with van der Waals surface area (Å²) in [5.41, 5.74) is 2.97. The minimum Gasteiger partial charge on any atom is -0.476 e. The third-order valence-corrected chi connectivity index (χ3v) is 6.27. The van der Waals surface area contributed by atoms with Gasteiger partial charge < -0.3 is 20.5 Å². The molecule has 1 atom stereocenters. The maximum atomic E-state index is 13.0. The third kappa shape index (κ3) is 4.24. The molecule has 2 aromatic carbocycles. The molecule has 1 aliphatic carbocycles. The number of hydrogen-bond acceptors (Lipinski definition) is 5. The Morgan fingerprint density at radius 3 is 2.21 bits per heavy atom. The zero-order valence-corrected chi connectivity index (χ0v) is 19.2. The monoisotopic (exact) mass is 462 g/mol. The molecule has 1 aromatic heterocycles. The molecule has 9 heteroatoms. The first-order valence-electron chi connectivity index (χ1n) is 11.0. The van der Waals surface area contributed by atoms with E-state index in [4.69, 9.17) is 9.84 Å². The quantitative estimate of drug-likeness (QED) is 0.491. The van der Waals surface area contributed by atoms with Crippen molar-refractivity contribution in [3.05, 3.63) is 71.4 Å². The summed E-state index contributed by atoms with van der Waals surface area (Å²) in [7, 11) is 1.52. The van der Waals surface area contributed by atoms with E-state index in [0.717, 1.165) is 22.3 Å². The number of carboxylic acid groups (broad SMARTS) is 1. The van der Waals surface area contributed by atoms with Gasteiger partial charge in [0, 0.05) is 19.0 Å². The first-order chi connectivity index (χ1) is 16.2. The van der Waals surface area contributed by atoms with Crippen molar-refractivity contribution in [1.29, 1.82) is 0 Å². The second-order valence-electron chi connectivity index (χ2n) is 8.43. The van der Waals surface area contributed by atoms with E-state index >= 15 is 0 Å². The second-order valence-corrected chi connectivity index (χ2v) is 8.43. The van der Waals surface area contributed by atoms with E-state index in [-0.39, 0.29) is 30.5 Å². The van der Waals surface area contributed by atoms with Gasteiger partial charge >= 0.3 is 12.1 Å². The second kappa shape index (κ2) is 9.01. The zero-order valence-electron chi connectivity index (χ0n) is 19.2. The highest BCUT2D eigenvalue weighted by Gasteiger charge is 2.35.